The van der Waals surface area contributed by atoms with Crippen molar-refractivity contribution < 1.29 is 14.3 Å². The molecule has 1 aromatic rings. The van der Waals surface area contributed by atoms with Gasteiger partial charge < -0.3 is 14.8 Å². The Morgan fingerprint density at radius 1 is 1.59 bits per heavy atom. The molecule has 0 bridgehead atoms. The van der Waals surface area contributed by atoms with Gasteiger partial charge in [-0.25, -0.2) is 4.79 Å². The Balaban J connectivity index is 1.88. The zero-order chi connectivity index (χ0) is 12.3. The molecule has 1 atom stereocenters. The average Bonchev–Trinajstić information content (AvgIpc) is 2.96. The summed E-state index contributed by atoms with van der Waals surface area (Å²) in [6.07, 6.45) is 6.64. The first-order chi connectivity index (χ1) is 8.18. The zero-order valence-corrected chi connectivity index (χ0v) is 10.1. The number of nitrogens with one attached hydrogen (secondary N) is 1. The van der Waals surface area contributed by atoms with E-state index < -0.39 is 5.97 Å². The number of furan rings is 1. The number of carbonyl (C=O) groups is 1. The lowest BCUT2D eigenvalue weighted by Crippen LogP contribution is -2.32. The topological polar surface area (TPSA) is 62.5 Å². The van der Waals surface area contributed by atoms with Crippen molar-refractivity contribution in [1.29, 1.82) is 0 Å². The smallest absolute Gasteiger partial charge is 0.372 e. The van der Waals surface area contributed by atoms with Gasteiger partial charge in [-0.05, 0) is 31.7 Å². The molecule has 0 amide bonds. The first-order valence-electron chi connectivity index (χ1n) is 6.21. The molecule has 0 saturated heterocycles. The van der Waals surface area contributed by atoms with Gasteiger partial charge in [-0.1, -0.05) is 12.8 Å². The summed E-state index contributed by atoms with van der Waals surface area (Å²) in [5, 5.41) is 12.3. The monoisotopic (exact) mass is 237 g/mol. The fraction of sp³-hybridized carbons (Fsp3) is 0.615. The molecule has 0 aliphatic heterocycles. The third-order valence-corrected chi connectivity index (χ3v) is 3.66. The Morgan fingerprint density at radius 2 is 2.29 bits per heavy atom. The minimum absolute atomic E-state index is 0.0520. The van der Waals surface area contributed by atoms with Crippen LogP contribution in [0, 0.1) is 5.92 Å². The van der Waals surface area contributed by atoms with E-state index in [0.29, 0.717) is 12.6 Å². The quantitative estimate of drug-likeness (QED) is 0.826. The summed E-state index contributed by atoms with van der Waals surface area (Å²) in [6.45, 7) is 2.74. The third-order valence-electron chi connectivity index (χ3n) is 3.66. The van der Waals surface area contributed by atoms with Crippen molar-refractivity contribution >= 4 is 5.97 Å². The Labute approximate surface area is 101 Å². The van der Waals surface area contributed by atoms with Crippen molar-refractivity contribution in [3.63, 3.8) is 0 Å². The second-order valence-electron chi connectivity index (χ2n) is 4.79. The molecule has 1 aliphatic carbocycles. The van der Waals surface area contributed by atoms with Gasteiger partial charge in [0.05, 0.1) is 6.26 Å². The van der Waals surface area contributed by atoms with Crippen molar-refractivity contribution in [2.75, 3.05) is 0 Å². The van der Waals surface area contributed by atoms with Crippen LogP contribution < -0.4 is 5.32 Å². The van der Waals surface area contributed by atoms with Crippen LogP contribution in [-0.4, -0.2) is 17.1 Å². The van der Waals surface area contributed by atoms with Crippen molar-refractivity contribution in [3.8, 4) is 0 Å². The molecular formula is C13H19NO3. The van der Waals surface area contributed by atoms with Crippen LogP contribution in [0.5, 0.6) is 0 Å². The molecule has 4 nitrogen and oxygen atoms in total. The van der Waals surface area contributed by atoms with Gasteiger partial charge in [0, 0.05) is 18.2 Å². The van der Waals surface area contributed by atoms with E-state index in [4.69, 9.17) is 9.52 Å². The number of carboxylic acids is 1. The number of carboxylic acid groups (broad SMARTS) is 1. The molecule has 1 fully saturated rings. The van der Waals surface area contributed by atoms with E-state index in [1.54, 1.807) is 6.07 Å². The van der Waals surface area contributed by atoms with Gasteiger partial charge >= 0.3 is 5.97 Å². The van der Waals surface area contributed by atoms with Crippen LogP contribution in [0.4, 0.5) is 0 Å². The van der Waals surface area contributed by atoms with Crippen LogP contribution in [0.2, 0.25) is 0 Å². The van der Waals surface area contributed by atoms with Gasteiger partial charge in [0.1, 0.15) is 0 Å². The van der Waals surface area contributed by atoms with Gasteiger partial charge in [0.2, 0.25) is 5.76 Å². The molecule has 0 spiro atoms. The van der Waals surface area contributed by atoms with Gasteiger partial charge in [0.25, 0.3) is 0 Å². The van der Waals surface area contributed by atoms with Crippen LogP contribution in [0.3, 0.4) is 0 Å². The molecule has 1 saturated carbocycles. The van der Waals surface area contributed by atoms with Gasteiger partial charge in [-0.2, -0.15) is 0 Å². The summed E-state index contributed by atoms with van der Waals surface area (Å²) < 4.78 is 4.94. The van der Waals surface area contributed by atoms with Crippen molar-refractivity contribution in [2.45, 2.75) is 45.2 Å². The van der Waals surface area contributed by atoms with Crippen molar-refractivity contribution in [1.82, 2.24) is 5.32 Å². The maximum Gasteiger partial charge on any atom is 0.372 e. The van der Waals surface area contributed by atoms with Gasteiger partial charge in [-0.15, -0.1) is 0 Å². The molecule has 1 aliphatic rings. The molecule has 1 aromatic heterocycles. The first kappa shape index (κ1) is 12.2. The molecule has 1 heterocycles. The second kappa shape index (κ2) is 5.36. The predicted octanol–water partition coefficient (Wildman–Crippen LogP) is 2.65. The summed E-state index contributed by atoms with van der Waals surface area (Å²) >= 11 is 0. The molecular weight excluding hydrogens is 218 g/mol. The number of hydrogen-bond acceptors (Lipinski definition) is 3. The molecule has 2 rings (SSSR count). The van der Waals surface area contributed by atoms with E-state index in [2.05, 4.69) is 12.2 Å². The third kappa shape index (κ3) is 2.88. The molecule has 4 heteroatoms. The van der Waals surface area contributed by atoms with E-state index in [9.17, 15) is 4.79 Å². The van der Waals surface area contributed by atoms with E-state index in [0.717, 1.165) is 11.5 Å². The second-order valence-corrected chi connectivity index (χ2v) is 4.79. The molecule has 0 radical (unpaired) electrons. The Hall–Kier alpha value is -1.29. The highest BCUT2D eigenvalue weighted by Gasteiger charge is 2.22. The Morgan fingerprint density at radius 3 is 2.94 bits per heavy atom. The zero-order valence-electron chi connectivity index (χ0n) is 10.1. The van der Waals surface area contributed by atoms with Crippen LogP contribution in [0.1, 0.15) is 48.7 Å². The van der Waals surface area contributed by atoms with Crippen LogP contribution in [0.15, 0.2) is 16.7 Å². The largest absolute Gasteiger partial charge is 0.475 e. The van der Waals surface area contributed by atoms with E-state index in [1.165, 1.54) is 31.9 Å². The van der Waals surface area contributed by atoms with Crippen LogP contribution >= 0.6 is 0 Å². The Bertz CT molecular complexity index is 380. The number of rotatable bonds is 5. The molecule has 94 valence electrons. The molecule has 0 unspecified atom stereocenters. The highest BCUT2D eigenvalue weighted by atomic mass is 16.4. The highest BCUT2D eigenvalue weighted by molar-refractivity contribution is 5.86. The first-order valence-corrected chi connectivity index (χ1v) is 6.21. The minimum Gasteiger partial charge on any atom is -0.475 e. The van der Waals surface area contributed by atoms with Crippen molar-refractivity contribution in [2.24, 2.45) is 5.92 Å². The lowest BCUT2D eigenvalue weighted by molar-refractivity contribution is 0.0660. The molecule has 0 aromatic carbocycles. The SMILES string of the molecule is C[C@@H](NCc1ccoc1C(=O)O)C1CCCC1. The van der Waals surface area contributed by atoms with Crippen molar-refractivity contribution in [3.05, 3.63) is 23.7 Å². The predicted molar refractivity (Wildman–Crippen MR) is 63.9 cm³/mol. The fourth-order valence-corrected chi connectivity index (χ4v) is 2.56. The Kier molecular flexibility index (Phi) is 3.84. The van der Waals surface area contributed by atoms with E-state index in [1.807, 2.05) is 0 Å². The van der Waals surface area contributed by atoms with Gasteiger partial charge in [-0.3, -0.25) is 0 Å². The molecule has 2 N–H and O–H groups in total. The van der Waals surface area contributed by atoms with Crippen LogP contribution in [-0.2, 0) is 6.54 Å². The molecule has 17 heavy (non-hydrogen) atoms. The lowest BCUT2D eigenvalue weighted by atomic mass is 9.99. The van der Waals surface area contributed by atoms with E-state index in [-0.39, 0.29) is 5.76 Å². The average molecular weight is 237 g/mol. The minimum atomic E-state index is -1.000. The van der Waals surface area contributed by atoms with Crippen LogP contribution in [0.25, 0.3) is 0 Å². The summed E-state index contributed by atoms with van der Waals surface area (Å²) in [4.78, 5) is 10.9. The summed E-state index contributed by atoms with van der Waals surface area (Å²) in [5.41, 5.74) is 0.724. The highest BCUT2D eigenvalue weighted by Crippen LogP contribution is 2.27. The summed E-state index contributed by atoms with van der Waals surface area (Å²) in [7, 11) is 0. The maximum atomic E-state index is 10.9. The standard InChI is InChI=1S/C13H19NO3/c1-9(10-4-2-3-5-10)14-8-11-6-7-17-12(11)13(15)16/h6-7,9-10,14H,2-5,8H2,1H3,(H,15,16)/t9-/m1/s1. The fourth-order valence-electron chi connectivity index (χ4n) is 2.56. The van der Waals surface area contributed by atoms with E-state index >= 15 is 0 Å². The number of hydrogen-bond donors (Lipinski definition) is 2. The maximum absolute atomic E-state index is 10.9. The normalized spacial score (nSPS) is 18.4. The number of aromatic carboxylic acids is 1. The lowest BCUT2D eigenvalue weighted by Gasteiger charge is -2.20. The summed E-state index contributed by atoms with van der Waals surface area (Å²) in [5.74, 6) is -0.216. The van der Waals surface area contributed by atoms with Gasteiger partial charge in [0.15, 0.2) is 0 Å². The summed E-state index contributed by atoms with van der Waals surface area (Å²) in [6, 6.07) is 2.16.